The molecule has 0 aromatic heterocycles. The summed E-state index contributed by atoms with van der Waals surface area (Å²) >= 11 is 6.57. The fourth-order valence-corrected chi connectivity index (χ4v) is 1.49. The zero-order valence-electron chi connectivity index (χ0n) is 8.46. The maximum absolute atomic E-state index is 5.69. The highest BCUT2D eigenvalue weighted by Crippen LogP contribution is 2.21. The molecule has 78 valence electrons. The van der Waals surface area contributed by atoms with Crippen molar-refractivity contribution in [3.63, 3.8) is 0 Å². The largest absolute Gasteiger partial charge is 0.493 e. The van der Waals surface area contributed by atoms with E-state index in [1.807, 2.05) is 18.2 Å². The van der Waals surface area contributed by atoms with E-state index in [2.05, 4.69) is 55.1 Å². The van der Waals surface area contributed by atoms with Crippen LogP contribution < -0.4 is 4.74 Å². The Labute approximate surface area is 105 Å². The Morgan fingerprint density at radius 1 is 1.43 bits per heavy atom. The first-order valence-corrected chi connectivity index (χ1v) is 6.24. The van der Waals surface area contributed by atoms with E-state index in [1.54, 1.807) is 0 Å². The molecule has 0 aliphatic heterocycles. The van der Waals surface area contributed by atoms with Crippen LogP contribution in [0.1, 0.15) is 13.8 Å². The minimum atomic E-state index is 0.129. The maximum Gasteiger partial charge on any atom is 0.120 e. The Balaban J connectivity index is 2.54. The fourth-order valence-electron chi connectivity index (χ4n) is 0.881. The summed E-state index contributed by atoms with van der Waals surface area (Å²) < 4.78 is 6.89. The molecule has 0 amide bonds. The van der Waals surface area contributed by atoms with Crippen LogP contribution in [-0.2, 0) is 0 Å². The van der Waals surface area contributed by atoms with E-state index in [0.29, 0.717) is 6.61 Å². The average molecular weight is 322 g/mol. The molecule has 0 radical (unpaired) electrons. The highest BCUT2D eigenvalue weighted by molar-refractivity contribution is 14.1. The maximum atomic E-state index is 5.69. The van der Waals surface area contributed by atoms with Gasteiger partial charge in [0.05, 0.1) is 6.61 Å². The third kappa shape index (κ3) is 4.09. The first-order valence-electron chi connectivity index (χ1n) is 4.53. The van der Waals surface area contributed by atoms with Crippen LogP contribution in [0.15, 0.2) is 24.3 Å². The van der Waals surface area contributed by atoms with Gasteiger partial charge in [-0.05, 0) is 46.5 Å². The summed E-state index contributed by atoms with van der Waals surface area (Å²) in [6.07, 6.45) is 0. The van der Waals surface area contributed by atoms with Crippen molar-refractivity contribution >= 4 is 35.2 Å². The number of thiol groups is 1. The first kappa shape index (κ1) is 12.2. The van der Waals surface area contributed by atoms with E-state index >= 15 is 0 Å². The molecule has 0 atom stereocenters. The summed E-state index contributed by atoms with van der Waals surface area (Å²) in [5.74, 6) is 1.77. The van der Waals surface area contributed by atoms with E-state index in [0.717, 1.165) is 11.5 Å². The number of hydrogen-bond donors (Lipinski definition) is 1. The van der Waals surface area contributed by atoms with Gasteiger partial charge in [0.25, 0.3) is 0 Å². The van der Waals surface area contributed by atoms with Crippen LogP contribution in [0.2, 0.25) is 0 Å². The number of hydrogen-bond acceptors (Lipinski definition) is 2. The van der Waals surface area contributed by atoms with Gasteiger partial charge in [0.2, 0.25) is 0 Å². The van der Waals surface area contributed by atoms with E-state index in [4.69, 9.17) is 4.74 Å². The summed E-state index contributed by atoms with van der Waals surface area (Å²) in [6.45, 7) is 5.00. The zero-order chi connectivity index (χ0) is 10.6. The van der Waals surface area contributed by atoms with Gasteiger partial charge in [-0.25, -0.2) is 0 Å². The number of ether oxygens (including phenoxy) is 1. The van der Waals surface area contributed by atoms with Crippen molar-refractivity contribution in [2.24, 2.45) is 5.41 Å². The van der Waals surface area contributed by atoms with Crippen molar-refractivity contribution in [1.82, 2.24) is 0 Å². The molecule has 0 aliphatic rings. The minimum Gasteiger partial charge on any atom is -0.493 e. The van der Waals surface area contributed by atoms with E-state index < -0.39 is 0 Å². The number of halogens is 1. The van der Waals surface area contributed by atoms with Crippen molar-refractivity contribution in [3.8, 4) is 5.75 Å². The predicted molar refractivity (Wildman–Crippen MR) is 72.3 cm³/mol. The summed E-state index contributed by atoms with van der Waals surface area (Å²) in [7, 11) is 0. The lowest BCUT2D eigenvalue weighted by Gasteiger charge is -2.22. The highest BCUT2D eigenvalue weighted by Gasteiger charge is 2.16. The molecule has 1 aromatic carbocycles. The van der Waals surface area contributed by atoms with E-state index in [1.165, 1.54) is 3.57 Å². The summed E-state index contributed by atoms with van der Waals surface area (Å²) in [4.78, 5) is 0. The third-order valence-corrected chi connectivity index (χ3v) is 3.38. The van der Waals surface area contributed by atoms with Crippen LogP contribution in [0.4, 0.5) is 0 Å². The molecule has 0 saturated heterocycles. The second-order valence-corrected chi connectivity index (χ2v) is 5.63. The van der Waals surface area contributed by atoms with Crippen LogP contribution >= 0.6 is 35.2 Å². The zero-order valence-corrected chi connectivity index (χ0v) is 11.5. The second kappa shape index (κ2) is 5.26. The van der Waals surface area contributed by atoms with Crippen molar-refractivity contribution in [1.29, 1.82) is 0 Å². The Morgan fingerprint density at radius 3 is 2.71 bits per heavy atom. The Kier molecular flexibility index (Phi) is 4.57. The van der Waals surface area contributed by atoms with Gasteiger partial charge in [-0.2, -0.15) is 12.6 Å². The average Bonchev–Trinajstić information content (AvgIpc) is 2.15. The number of benzene rings is 1. The van der Waals surface area contributed by atoms with Crippen LogP contribution in [0, 0.1) is 8.99 Å². The standard InChI is InChI=1S/C11H15IOS/c1-11(2,8-14)7-13-10-5-3-4-9(12)6-10/h3-6,14H,7-8H2,1-2H3. The molecule has 1 nitrogen and oxygen atoms in total. The second-order valence-electron chi connectivity index (χ2n) is 4.07. The SMILES string of the molecule is CC(C)(CS)COc1cccc(I)c1. The molecule has 0 unspecified atom stereocenters. The quantitative estimate of drug-likeness (QED) is 0.658. The van der Waals surface area contributed by atoms with E-state index in [-0.39, 0.29) is 5.41 Å². The van der Waals surface area contributed by atoms with Crippen LogP contribution in [0.3, 0.4) is 0 Å². The van der Waals surface area contributed by atoms with Gasteiger partial charge in [-0.1, -0.05) is 19.9 Å². The molecule has 0 spiro atoms. The van der Waals surface area contributed by atoms with Gasteiger partial charge in [-0.15, -0.1) is 0 Å². The molecule has 0 heterocycles. The molecule has 1 aromatic rings. The van der Waals surface area contributed by atoms with Gasteiger partial charge in [0.1, 0.15) is 5.75 Å². The van der Waals surface area contributed by atoms with Gasteiger partial charge >= 0.3 is 0 Å². The van der Waals surface area contributed by atoms with Crippen LogP contribution in [0.25, 0.3) is 0 Å². The van der Waals surface area contributed by atoms with Crippen LogP contribution in [0.5, 0.6) is 5.75 Å². The summed E-state index contributed by atoms with van der Waals surface area (Å²) in [5.41, 5.74) is 0.129. The monoisotopic (exact) mass is 322 g/mol. The fraction of sp³-hybridized carbons (Fsp3) is 0.455. The van der Waals surface area contributed by atoms with Crippen molar-refractivity contribution < 1.29 is 4.74 Å². The van der Waals surface area contributed by atoms with Gasteiger partial charge < -0.3 is 4.74 Å². The topological polar surface area (TPSA) is 9.23 Å². The van der Waals surface area contributed by atoms with Gasteiger partial charge in [-0.3, -0.25) is 0 Å². The summed E-state index contributed by atoms with van der Waals surface area (Å²) in [6, 6.07) is 8.08. The van der Waals surface area contributed by atoms with Gasteiger partial charge in [0, 0.05) is 8.99 Å². The van der Waals surface area contributed by atoms with Crippen molar-refractivity contribution in [2.75, 3.05) is 12.4 Å². The third-order valence-electron chi connectivity index (χ3n) is 1.85. The molecule has 0 bridgehead atoms. The highest BCUT2D eigenvalue weighted by atomic mass is 127. The lowest BCUT2D eigenvalue weighted by Crippen LogP contribution is -2.23. The predicted octanol–water partition coefficient (Wildman–Crippen LogP) is 3.63. The van der Waals surface area contributed by atoms with Gasteiger partial charge in [0.15, 0.2) is 0 Å². The molecule has 0 saturated carbocycles. The molecule has 1 rings (SSSR count). The molecule has 14 heavy (non-hydrogen) atoms. The molecular formula is C11H15IOS. The number of rotatable bonds is 4. The van der Waals surface area contributed by atoms with Crippen molar-refractivity contribution in [3.05, 3.63) is 27.8 Å². The molecule has 3 heteroatoms. The molecule has 0 N–H and O–H groups in total. The Morgan fingerprint density at radius 2 is 2.14 bits per heavy atom. The lowest BCUT2D eigenvalue weighted by molar-refractivity contribution is 0.202. The molecule has 0 fully saturated rings. The normalized spacial score (nSPS) is 11.4. The van der Waals surface area contributed by atoms with Crippen molar-refractivity contribution in [2.45, 2.75) is 13.8 Å². The van der Waals surface area contributed by atoms with Crippen LogP contribution in [-0.4, -0.2) is 12.4 Å². The minimum absolute atomic E-state index is 0.129. The Hall–Kier alpha value is 0.100. The smallest absolute Gasteiger partial charge is 0.120 e. The lowest BCUT2D eigenvalue weighted by atomic mass is 9.98. The van der Waals surface area contributed by atoms with E-state index in [9.17, 15) is 0 Å². The summed E-state index contributed by atoms with van der Waals surface area (Å²) in [5, 5.41) is 0. The molecular weight excluding hydrogens is 307 g/mol. The first-order chi connectivity index (χ1) is 6.53. The molecule has 0 aliphatic carbocycles. The Bertz CT molecular complexity index is 299.